The highest BCUT2D eigenvalue weighted by molar-refractivity contribution is 5.99. The second kappa shape index (κ2) is 7.44. The molecule has 0 aliphatic heterocycles. The Hall–Kier alpha value is -3.08. The first kappa shape index (κ1) is 17.7. The summed E-state index contributed by atoms with van der Waals surface area (Å²) in [5.41, 5.74) is 5.74. The van der Waals surface area contributed by atoms with Gasteiger partial charge >= 0.3 is 0 Å². The Labute approximate surface area is 153 Å². The van der Waals surface area contributed by atoms with E-state index in [-0.39, 0.29) is 17.9 Å². The number of benzene rings is 2. The third-order valence-corrected chi connectivity index (χ3v) is 4.10. The van der Waals surface area contributed by atoms with Crippen LogP contribution in [0.15, 0.2) is 59.8 Å². The summed E-state index contributed by atoms with van der Waals surface area (Å²) < 4.78 is 5.50. The molecule has 0 unspecified atom stereocenters. The first-order valence-corrected chi connectivity index (χ1v) is 8.55. The van der Waals surface area contributed by atoms with E-state index in [9.17, 15) is 4.79 Å². The molecule has 0 fully saturated rings. The number of aromatic amines is 1. The number of nitrogens with zero attached hydrogens (tertiary/aromatic N) is 1. The van der Waals surface area contributed by atoms with Crippen LogP contribution in [0.5, 0.6) is 5.75 Å². The van der Waals surface area contributed by atoms with Crippen molar-refractivity contribution in [2.75, 3.05) is 6.61 Å². The summed E-state index contributed by atoms with van der Waals surface area (Å²) in [7, 11) is 0. The Morgan fingerprint density at radius 3 is 2.62 bits per heavy atom. The molecule has 0 aliphatic rings. The molecule has 1 amide bonds. The van der Waals surface area contributed by atoms with Crippen LogP contribution in [0.3, 0.4) is 0 Å². The van der Waals surface area contributed by atoms with E-state index in [0.29, 0.717) is 5.75 Å². The maximum Gasteiger partial charge on any atom is 0.277 e. The molecular formula is C21H23N3O2. The van der Waals surface area contributed by atoms with Crippen molar-refractivity contribution in [3.05, 3.63) is 65.9 Å². The standard InChI is InChI=1S/C21H23N3O2/c1-21(2,3)16-8-10-17(11-9-16)26-14-20(25)24-23-13-15-12-22-19-7-5-4-6-18(15)19/h4-13,22H,14H2,1-3H3,(H,24,25)/b23-13+. The minimum absolute atomic E-state index is 0.0832. The number of carbonyl (C=O) groups is 1. The molecule has 0 aliphatic carbocycles. The van der Waals surface area contributed by atoms with Crippen molar-refractivity contribution in [2.24, 2.45) is 5.10 Å². The summed E-state index contributed by atoms with van der Waals surface area (Å²) in [4.78, 5) is 15.0. The summed E-state index contributed by atoms with van der Waals surface area (Å²) >= 11 is 0. The van der Waals surface area contributed by atoms with E-state index < -0.39 is 0 Å². The predicted octanol–water partition coefficient (Wildman–Crippen LogP) is 3.99. The van der Waals surface area contributed by atoms with Crippen molar-refractivity contribution in [1.82, 2.24) is 10.4 Å². The highest BCUT2D eigenvalue weighted by atomic mass is 16.5. The number of para-hydroxylation sites is 1. The largest absolute Gasteiger partial charge is 0.484 e. The number of nitrogens with one attached hydrogen (secondary N) is 2. The zero-order valence-corrected chi connectivity index (χ0v) is 15.2. The predicted molar refractivity (Wildman–Crippen MR) is 105 cm³/mol. The number of amides is 1. The molecule has 5 heteroatoms. The van der Waals surface area contributed by atoms with E-state index in [2.05, 4.69) is 36.3 Å². The van der Waals surface area contributed by atoms with Gasteiger partial charge in [-0.3, -0.25) is 4.79 Å². The number of ether oxygens (including phenoxy) is 1. The fourth-order valence-electron chi connectivity index (χ4n) is 2.61. The minimum Gasteiger partial charge on any atom is -0.484 e. The lowest BCUT2D eigenvalue weighted by molar-refractivity contribution is -0.123. The number of aromatic nitrogens is 1. The maximum atomic E-state index is 11.9. The maximum absolute atomic E-state index is 11.9. The van der Waals surface area contributed by atoms with Crippen LogP contribution in [0.4, 0.5) is 0 Å². The third-order valence-electron chi connectivity index (χ3n) is 4.10. The molecule has 0 radical (unpaired) electrons. The molecule has 0 bridgehead atoms. The second-order valence-electron chi connectivity index (χ2n) is 7.15. The third kappa shape index (κ3) is 4.30. The van der Waals surface area contributed by atoms with Gasteiger partial charge in [-0.15, -0.1) is 0 Å². The fourth-order valence-corrected chi connectivity index (χ4v) is 2.61. The van der Waals surface area contributed by atoms with Crippen LogP contribution in [-0.4, -0.2) is 23.7 Å². The smallest absolute Gasteiger partial charge is 0.277 e. The highest BCUT2D eigenvalue weighted by Crippen LogP contribution is 2.24. The van der Waals surface area contributed by atoms with Gasteiger partial charge < -0.3 is 9.72 Å². The van der Waals surface area contributed by atoms with Crippen LogP contribution in [0.25, 0.3) is 10.9 Å². The SMILES string of the molecule is CC(C)(C)c1ccc(OCC(=O)N/N=C/c2c[nH]c3ccccc23)cc1. The summed E-state index contributed by atoms with van der Waals surface area (Å²) in [6.07, 6.45) is 3.47. The van der Waals surface area contributed by atoms with Crippen LogP contribution < -0.4 is 10.2 Å². The number of carbonyl (C=O) groups excluding carboxylic acids is 1. The van der Waals surface area contributed by atoms with Crippen LogP contribution in [0.1, 0.15) is 31.9 Å². The molecule has 3 rings (SSSR count). The lowest BCUT2D eigenvalue weighted by Gasteiger charge is -2.19. The Morgan fingerprint density at radius 1 is 1.15 bits per heavy atom. The van der Waals surface area contributed by atoms with E-state index in [0.717, 1.165) is 16.5 Å². The molecule has 2 N–H and O–H groups in total. The van der Waals surface area contributed by atoms with Gasteiger partial charge in [0.15, 0.2) is 6.61 Å². The molecule has 134 valence electrons. The van der Waals surface area contributed by atoms with Crippen molar-refractivity contribution in [3.63, 3.8) is 0 Å². The van der Waals surface area contributed by atoms with Gasteiger partial charge in [-0.05, 0) is 29.2 Å². The van der Waals surface area contributed by atoms with E-state index in [1.807, 2.05) is 54.7 Å². The van der Waals surface area contributed by atoms with E-state index >= 15 is 0 Å². The monoisotopic (exact) mass is 349 g/mol. The molecule has 1 aromatic heterocycles. The average Bonchev–Trinajstić information content (AvgIpc) is 3.03. The first-order chi connectivity index (χ1) is 12.4. The van der Waals surface area contributed by atoms with E-state index in [4.69, 9.17) is 4.74 Å². The average molecular weight is 349 g/mol. The Morgan fingerprint density at radius 2 is 1.88 bits per heavy atom. The van der Waals surface area contributed by atoms with Gasteiger partial charge in [-0.1, -0.05) is 51.1 Å². The highest BCUT2D eigenvalue weighted by Gasteiger charge is 2.13. The zero-order valence-electron chi connectivity index (χ0n) is 15.2. The molecule has 0 spiro atoms. The van der Waals surface area contributed by atoms with Crippen molar-refractivity contribution >= 4 is 23.0 Å². The molecular weight excluding hydrogens is 326 g/mol. The summed E-state index contributed by atoms with van der Waals surface area (Å²) in [6, 6.07) is 15.7. The van der Waals surface area contributed by atoms with Gasteiger partial charge in [0.1, 0.15) is 5.75 Å². The van der Waals surface area contributed by atoms with Crippen LogP contribution in [0.2, 0.25) is 0 Å². The summed E-state index contributed by atoms with van der Waals surface area (Å²) in [5, 5.41) is 5.05. The molecule has 0 saturated carbocycles. The van der Waals surface area contributed by atoms with Gasteiger partial charge in [0, 0.05) is 22.7 Å². The summed E-state index contributed by atoms with van der Waals surface area (Å²) in [5.74, 6) is 0.356. The second-order valence-corrected chi connectivity index (χ2v) is 7.15. The fraction of sp³-hybridized carbons (Fsp3) is 0.238. The molecule has 0 saturated heterocycles. The zero-order chi connectivity index (χ0) is 18.6. The lowest BCUT2D eigenvalue weighted by atomic mass is 9.87. The normalized spacial score (nSPS) is 11.8. The van der Waals surface area contributed by atoms with Gasteiger partial charge in [0.05, 0.1) is 6.21 Å². The molecule has 1 heterocycles. The van der Waals surface area contributed by atoms with Gasteiger partial charge in [-0.25, -0.2) is 5.43 Å². The van der Waals surface area contributed by atoms with Gasteiger partial charge in [0.25, 0.3) is 5.91 Å². The van der Waals surface area contributed by atoms with Crippen molar-refractivity contribution in [2.45, 2.75) is 26.2 Å². The van der Waals surface area contributed by atoms with Crippen LogP contribution >= 0.6 is 0 Å². The number of rotatable bonds is 5. The number of fused-ring (bicyclic) bond motifs is 1. The quantitative estimate of drug-likeness (QED) is 0.540. The molecule has 3 aromatic rings. The van der Waals surface area contributed by atoms with Gasteiger partial charge in [-0.2, -0.15) is 5.10 Å². The Balaban J connectivity index is 1.51. The van der Waals surface area contributed by atoms with E-state index in [1.165, 1.54) is 5.56 Å². The molecule has 5 nitrogen and oxygen atoms in total. The van der Waals surface area contributed by atoms with Crippen LogP contribution in [-0.2, 0) is 10.2 Å². The lowest BCUT2D eigenvalue weighted by Crippen LogP contribution is -2.24. The number of hydrazone groups is 1. The van der Waals surface area contributed by atoms with Crippen molar-refractivity contribution in [1.29, 1.82) is 0 Å². The Bertz CT molecular complexity index is 918. The van der Waals surface area contributed by atoms with Crippen molar-refractivity contribution < 1.29 is 9.53 Å². The molecule has 2 aromatic carbocycles. The van der Waals surface area contributed by atoms with Gasteiger partial charge in [0.2, 0.25) is 0 Å². The summed E-state index contributed by atoms with van der Waals surface area (Å²) in [6.45, 7) is 6.38. The Kier molecular flexibility index (Phi) is 5.07. The van der Waals surface area contributed by atoms with E-state index in [1.54, 1.807) is 6.21 Å². The first-order valence-electron chi connectivity index (χ1n) is 8.55. The number of H-pyrrole nitrogens is 1. The topological polar surface area (TPSA) is 66.5 Å². The van der Waals surface area contributed by atoms with Crippen LogP contribution in [0, 0.1) is 0 Å². The number of hydrogen-bond donors (Lipinski definition) is 2. The number of hydrogen-bond acceptors (Lipinski definition) is 3. The molecule has 0 atom stereocenters. The molecule has 26 heavy (non-hydrogen) atoms. The van der Waals surface area contributed by atoms with Crippen molar-refractivity contribution in [3.8, 4) is 5.75 Å². The minimum atomic E-state index is -0.305.